The average Bonchev–Trinajstić information content (AvgIpc) is 2.35. The minimum atomic E-state index is -0.918. The fourth-order valence-electron chi connectivity index (χ4n) is 1.70. The Morgan fingerprint density at radius 3 is 2.11 bits per heavy atom. The summed E-state index contributed by atoms with van der Waals surface area (Å²) in [4.78, 5) is 11.3. The first-order chi connectivity index (χ1) is 8.59. The number of ether oxygens (including phenoxy) is 1. The van der Waals surface area contributed by atoms with Gasteiger partial charge in [-0.15, -0.1) is 0 Å². The Bertz CT molecular complexity index is 207. The van der Waals surface area contributed by atoms with Crippen LogP contribution in [-0.2, 0) is 9.53 Å². The van der Waals surface area contributed by atoms with E-state index in [1.807, 2.05) is 0 Å². The van der Waals surface area contributed by atoms with Gasteiger partial charge in [-0.3, -0.25) is 4.79 Å². The number of carbonyl (C=O) groups is 1. The van der Waals surface area contributed by atoms with Crippen molar-refractivity contribution in [1.29, 1.82) is 0 Å². The van der Waals surface area contributed by atoms with Gasteiger partial charge in [0.15, 0.2) is 0 Å². The van der Waals surface area contributed by atoms with Gasteiger partial charge in [-0.2, -0.15) is 0 Å². The highest BCUT2D eigenvalue weighted by molar-refractivity contribution is 5.76. The largest absolute Gasteiger partial charge is 0.464 e. The molecule has 108 valence electrons. The molecule has 0 bridgehead atoms. The van der Waals surface area contributed by atoms with E-state index in [1.54, 1.807) is 0 Å². The smallest absolute Gasteiger partial charge is 0.325 e. The Hall–Kier alpha value is -0.610. The average molecular weight is 259 g/mol. The Kier molecular flexibility index (Phi) is 11.1. The van der Waals surface area contributed by atoms with Gasteiger partial charge in [0.25, 0.3) is 0 Å². The topological polar surface area (TPSA) is 72.5 Å². The molecule has 0 aromatic heterocycles. The lowest BCUT2D eigenvalue weighted by molar-refractivity contribution is -0.147. The Morgan fingerprint density at radius 2 is 1.61 bits per heavy atom. The van der Waals surface area contributed by atoms with E-state index in [2.05, 4.69) is 6.92 Å². The van der Waals surface area contributed by atoms with E-state index < -0.39 is 18.1 Å². The molecule has 0 aromatic carbocycles. The molecule has 0 amide bonds. The first-order valence-electron chi connectivity index (χ1n) is 7.19. The lowest BCUT2D eigenvalue weighted by atomic mass is 10.1. The lowest BCUT2D eigenvalue weighted by Crippen LogP contribution is -2.41. The zero-order chi connectivity index (χ0) is 13.8. The monoisotopic (exact) mass is 259 g/mol. The quantitative estimate of drug-likeness (QED) is 0.441. The molecule has 0 aliphatic rings. The summed E-state index contributed by atoms with van der Waals surface area (Å²) in [6.07, 6.45) is 8.82. The summed E-state index contributed by atoms with van der Waals surface area (Å²) in [6.45, 7) is 4.11. The molecule has 18 heavy (non-hydrogen) atoms. The highest BCUT2D eigenvalue weighted by Crippen LogP contribution is 2.08. The van der Waals surface area contributed by atoms with E-state index >= 15 is 0 Å². The lowest BCUT2D eigenvalue weighted by Gasteiger charge is -2.13. The van der Waals surface area contributed by atoms with E-state index in [-0.39, 0.29) is 0 Å². The summed E-state index contributed by atoms with van der Waals surface area (Å²) in [6, 6.07) is -0.918. The van der Waals surface area contributed by atoms with Crippen LogP contribution in [0.5, 0.6) is 0 Å². The van der Waals surface area contributed by atoms with Gasteiger partial charge in [0.2, 0.25) is 0 Å². The molecule has 0 radical (unpaired) electrons. The normalized spacial score (nSPS) is 14.2. The first kappa shape index (κ1) is 17.4. The Balaban J connectivity index is 3.27. The second kappa shape index (κ2) is 11.5. The maximum absolute atomic E-state index is 11.3. The van der Waals surface area contributed by atoms with Gasteiger partial charge in [0.1, 0.15) is 6.04 Å². The Morgan fingerprint density at radius 1 is 1.11 bits per heavy atom. The molecule has 4 heteroatoms. The molecule has 2 atom stereocenters. The number of hydrogen-bond donors (Lipinski definition) is 2. The van der Waals surface area contributed by atoms with Crippen molar-refractivity contribution in [2.75, 3.05) is 6.61 Å². The van der Waals surface area contributed by atoms with Crippen molar-refractivity contribution in [2.24, 2.45) is 5.73 Å². The molecule has 0 aliphatic heterocycles. The fraction of sp³-hybridized carbons (Fsp3) is 0.929. The van der Waals surface area contributed by atoms with Crippen molar-refractivity contribution in [2.45, 2.75) is 77.4 Å². The summed E-state index contributed by atoms with van der Waals surface area (Å²) >= 11 is 0. The molecule has 0 heterocycles. The van der Waals surface area contributed by atoms with Gasteiger partial charge < -0.3 is 15.6 Å². The number of carbonyl (C=O) groups excluding carboxylic acids is 1. The number of unbranched alkanes of at least 4 members (excludes halogenated alkanes) is 7. The maximum atomic E-state index is 11.3. The van der Waals surface area contributed by atoms with E-state index in [9.17, 15) is 4.79 Å². The molecule has 0 unspecified atom stereocenters. The van der Waals surface area contributed by atoms with Gasteiger partial charge in [-0.05, 0) is 13.3 Å². The molecule has 3 N–H and O–H groups in total. The van der Waals surface area contributed by atoms with Crippen LogP contribution in [0.3, 0.4) is 0 Å². The predicted molar refractivity (Wildman–Crippen MR) is 73.2 cm³/mol. The molecular formula is C14H29NO3. The van der Waals surface area contributed by atoms with Gasteiger partial charge >= 0.3 is 5.97 Å². The highest BCUT2D eigenvalue weighted by Gasteiger charge is 2.19. The molecule has 0 aromatic rings. The third-order valence-electron chi connectivity index (χ3n) is 3.03. The molecule has 0 aliphatic carbocycles. The second-order valence-corrected chi connectivity index (χ2v) is 4.91. The van der Waals surface area contributed by atoms with Crippen LogP contribution in [0, 0.1) is 0 Å². The van der Waals surface area contributed by atoms with Crippen LogP contribution in [0.25, 0.3) is 0 Å². The molecule has 4 nitrogen and oxygen atoms in total. The van der Waals surface area contributed by atoms with Crippen molar-refractivity contribution >= 4 is 5.97 Å². The standard InChI is InChI=1S/C14H29NO3/c1-3-4-5-6-7-8-9-10-11-18-14(17)13(15)12(2)16/h12-13,16H,3-11,15H2,1-2H3/t12-,13+/m1/s1. The molecule has 0 saturated heterocycles. The van der Waals surface area contributed by atoms with Crippen LogP contribution < -0.4 is 5.73 Å². The highest BCUT2D eigenvalue weighted by atomic mass is 16.5. The molecule has 0 rings (SSSR count). The number of rotatable bonds is 11. The van der Waals surface area contributed by atoms with Crippen molar-refractivity contribution in [3.8, 4) is 0 Å². The number of esters is 1. The van der Waals surface area contributed by atoms with Gasteiger partial charge in [0.05, 0.1) is 12.7 Å². The van der Waals surface area contributed by atoms with Crippen molar-refractivity contribution < 1.29 is 14.6 Å². The Labute approximate surface area is 111 Å². The van der Waals surface area contributed by atoms with Gasteiger partial charge in [0, 0.05) is 0 Å². The molecule has 0 spiro atoms. The summed E-state index contributed by atoms with van der Waals surface area (Å²) in [5.41, 5.74) is 5.44. The van der Waals surface area contributed by atoms with Crippen LogP contribution in [-0.4, -0.2) is 29.8 Å². The van der Waals surface area contributed by atoms with E-state index in [0.29, 0.717) is 6.61 Å². The molecule has 0 fully saturated rings. The number of nitrogens with two attached hydrogens (primary N) is 1. The predicted octanol–water partition coefficient (Wildman–Crippen LogP) is 2.38. The first-order valence-corrected chi connectivity index (χ1v) is 7.19. The van der Waals surface area contributed by atoms with Gasteiger partial charge in [-0.25, -0.2) is 0 Å². The van der Waals surface area contributed by atoms with E-state index in [1.165, 1.54) is 45.4 Å². The summed E-state index contributed by atoms with van der Waals surface area (Å²) in [7, 11) is 0. The third-order valence-corrected chi connectivity index (χ3v) is 3.03. The summed E-state index contributed by atoms with van der Waals surface area (Å²) < 4.78 is 4.99. The van der Waals surface area contributed by atoms with E-state index in [4.69, 9.17) is 15.6 Å². The zero-order valence-corrected chi connectivity index (χ0v) is 11.9. The van der Waals surface area contributed by atoms with Crippen LogP contribution in [0.15, 0.2) is 0 Å². The van der Waals surface area contributed by atoms with E-state index in [0.717, 1.165) is 12.8 Å². The summed E-state index contributed by atoms with van der Waals surface area (Å²) in [5.74, 6) is -0.507. The van der Waals surface area contributed by atoms with Gasteiger partial charge in [-0.1, -0.05) is 51.9 Å². The SMILES string of the molecule is CCCCCCCCCCOC(=O)[C@@H](N)[C@@H](C)O. The van der Waals surface area contributed by atoms with Crippen molar-refractivity contribution in [1.82, 2.24) is 0 Å². The second-order valence-electron chi connectivity index (χ2n) is 4.91. The van der Waals surface area contributed by atoms with Crippen molar-refractivity contribution in [3.05, 3.63) is 0 Å². The minimum absolute atomic E-state index is 0.411. The third kappa shape index (κ3) is 9.42. The van der Waals surface area contributed by atoms with Crippen molar-refractivity contribution in [3.63, 3.8) is 0 Å². The van der Waals surface area contributed by atoms with Crippen LogP contribution in [0.1, 0.15) is 65.2 Å². The maximum Gasteiger partial charge on any atom is 0.325 e. The minimum Gasteiger partial charge on any atom is -0.464 e. The number of hydrogen-bond acceptors (Lipinski definition) is 4. The molecular weight excluding hydrogens is 230 g/mol. The van der Waals surface area contributed by atoms with Crippen LogP contribution >= 0.6 is 0 Å². The van der Waals surface area contributed by atoms with Crippen LogP contribution in [0.4, 0.5) is 0 Å². The summed E-state index contributed by atoms with van der Waals surface area (Å²) in [5, 5.41) is 9.11. The zero-order valence-electron chi connectivity index (χ0n) is 11.9. The number of aliphatic hydroxyl groups is 1. The fourth-order valence-corrected chi connectivity index (χ4v) is 1.70. The molecule has 0 saturated carbocycles. The van der Waals surface area contributed by atoms with Crippen LogP contribution in [0.2, 0.25) is 0 Å². The number of aliphatic hydroxyl groups excluding tert-OH is 1.